The number of ether oxygens (including phenoxy) is 3. The Bertz CT molecular complexity index is 504. The van der Waals surface area contributed by atoms with Crippen molar-refractivity contribution in [2.75, 3.05) is 40.5 Å². The summed E-state index contributed by atoms with van der Waals surface area (Å²) in [5.74, 6) is 2.41. The zero-order chi connectivity index (χ0) is 17.8. The maximum atomic E-state index is 5.72. The van der Waals surface area contributed by atoms with Gasteiger partial charge in [-0.05, 0) is 39.3 Å². The maximum Gasteiger partial charge on any atom is 0.191 e. The van der Waals surface area contributed by atoms with E-state index in [0.29, 0.717) is 13.2 Å². The number of aliphatic imine (C=N–C) groups is 1. The van der Waals surface area contributed by atoms with Crippen LogP contribution in [-0.2, 0) is 4.74 Å². The Kier molecular flexibility index (Phi) is 9.01. The summed E-state index contributed by atoms with van der Waals surface area (Å²) in [6, 6.07) is 7.62. The lowest BCUT2D eigenvalue weighted by Gasteiger charge is -2.21. The Hall–Kier alpha value is -1.95. The molecule has 0 aliphatic heterocycles. The Labute approximate surface area is 145 Å². The van der Waals surface area contributed by atoms with E-state index in [-0.39, 0.29) is 5.60 Å². The van der Waals surface area contributed by atoms with Gasteiger partial charge in [0.15, 0.2) is 5.96 Å². The summed E-state index contributed by atoms with van der Waals surface area (Å²) in [6.45, 7) is 8.90. The normalized spacial score (nSPS) is 12.0. The number of hydrogen-bond donors (Lipinski definition) is 2. The molecule has 6 nitrogen and oxygen atoms in total. The molecule has 0 bridgehead atoms. The van der Waals surface area contributed by atoms with Crippen molar-refractivity contribution in [3.8, 4) is 11.5 Å². The second kappa shape index (κ2) is 10.8. The number of benzene rings is 1. The highest BCUT2D eigenvalue weighted by molar-refractivity contribution is 5.79. The minimum Gasteiger partial charge on any atom is -0.497 e. The van der Waals surface area contributed by atoms with Crippen LogP contribution < -0.4 is 20.1 Å². The first-order valence-corrected chi connectivity index (χ1v) is 8.35. The maximum absolute atomic E-state index is 5.72. The molecule has 0 radical (unpaired) electrons. The first kappa shape index (κ1) is 20.1. The molecule has 2 N–H and O–H groups in total. The van der Waals surface area contributed by atoms with Gasteiger partial charge in [0.25, 0.3) is 0 Å². The average Bonchev–Trinajstić information content (AvgIpc) is 2.59. The summed E-state index contributed by atoms with van der Waals surface area (Å²) in [5.41, 5.74) is -0.266. The molecular formula is C18H31N3O3. The molecular weight excluding hydrogens is 306 g/mol. The van der Waals surface area contributed by atoms with Crippen LogP contribution in [0, 0.1) is 0 Å². The van der Waals surface area contributed by atoms with Crippen LogP contribution in [0.1, 0.15) is 27.2 Å². The predicted octanol–water partition coefficient (Wildman–Crippen LogP) is 2.44. The summed E-state index contributed by atoms with van der Waals surface area (Å²) in [4.78, 5) is 4.55. The van der Waals surface area contributed by atoms with Crippen molar-refractivity contribution >= 4 is 5.96 Å². The third kappa shape index (κ3) is 8.06. The van der Waals surface area contributed by atoms with Crippen LogP contribution in [0.4, 0.5) is 0 Å². The predicted molar refractivity (Wildman–Crippen MR) is 98.2 cm³/mol. The van der Waals surface area contributed by atoms with Gasteiger partial charge in [-0.3, -0.25) is 4.99 Å². The van der Waals surface area contributed by atoms with Crippen molar-refractivity contribution in [3.05, 3.63) is 24.3 Å². The van der Waals surface area contributed by atoms with E-state index in [4.69, 9.17) is 14.2 Å². The molecule has 0 atom stereocenters. The fraction of sp³-hybridized carbons (Fsp3) is 0.611. The van der Waals surface area contributed by atoms with E-state index in [1.165, 1.54) is 0 Å². The van der Waals surface area contributed by atoms with Gasteiger partial charge in [-0.25, -0.2) is 0 Å². The van der Waals surface area contributed by atoms with Crippen LogP contribution in [0.25, 0.3) is 0 Å². The van der Waals surface area contributed by atoms with E-state index in [0.717, 1.165) is 37.0 Å². The monoisotopic (exact) mass is 337 g/mol. The Morgan fingerprint density at radius 3 is 2.58 bits per heavy atom. The third-order valence-electron chi connectivity index (χ3n) is 3.44. The van der Waals surface area contributed by atoms with Crippen molar-refractivity contribution in [2.45, 2.75) is 32.8 Å². The second-order valence-electron chi connectivity index (χ2n) is 5.97. The van der Waals surface area contributed by atoms with Gasteiger partial charge in [-0.2, -0.15) is 0 Å². The van der Waals surface area contributed by atoms with Crippen LogP contribution in [0.2, 0.25) is 0 Å². The van der Waals surface area contributed by atoms with E-state index in [1.807, 2.05) is 45.0 Å². The topological polar surface area (TPSA) is 64.1 Å². The number of nitrogens with zero attached hydrogens (tertiary/aromatic N) is 1. The smallest absolute Gasteiger partial charge is 0.191 e. The molecule has 136 valence electrons. The van der Waals surface area contributed by atoms with Crippen molar-refractivity contribution in [2.24, 2.45) is 4.99 Å². The lowest BCUT2D eigenvalue weighted by atomic mass is 10.1. The summed E-state index contributed by atoms with van der Waals surface area (Å²) < 4.78 is 16.3. The van der Waals surface area contributed by atoms with Crippen molar-refractivity contribution < 1.29 is 14.2 Å². The summed E-state index contributed by atoms with van der Waals surface area (Å²) in [7, 11) is 3.35. The van der Waals surface area contributed by atoms with Gasteiger partial charge in [-0.1, -0.05) is 6.07 Å². The van der Waals surface area contributed by atoms with E-state index in [9.17, 15) is 0 Å². The van der Waals surface area contributed by atoms with Gasteiger partial charge in [0.05, 0.1) is 25.9 Å². The number of rotatable bonds is 10. The third-order valence-corrected chi connectivity index (χ3v) is 3.44. The molecule has 1 aromatic rings. The molecule has 0 aromatic heterocycles. The quantitative estimate of drug-likeness (QED) is 0.390. The lowest BCUT2D eigenvalue weighted by Crippen LogP contribution is -2.39. The fourth-order valence-electron chi connectivity index (χ4n) is 1.84. The summed E-state index contributed by atoms with van der Waals surface area (Å²) in [6.07, 6.45) is 0.870. The van der Waals surface area contributed by atoms with Crippen LogP contribution in [-0.4, -0.2) is 52.0 Å². The van der Waals surface area contributed by atoms with Crippen LogP contribution in [0.3, 0.4) is 0 Å². The Morgan fingerprint density at radius 2 is 1.92 bits per heavy atom. The second-order valence-corrected chi connectivity index (χ2v) is 5.97. The minimum atomic E-state index is -0.266. The van der Waals surface area contributed by atoms with Gasteiger partial charge in [0.1, 0.15) is 11.5 Å². The lowest BCUT2D eigenvalue weighted by molar-refractivity contribution is 0.0310. The highest BCUT2D eigenvalue weighted by Gasteiger charge is 2.15. The molecule has 6 heteroatoms. The molecule has 0 unspecified atom stereocenters. The van der Waals surface area contributed by atoms with Crippen LogP contribution in [0.5, 0.6) is 11.5 Å². The molecule has 0 amide bonds. The Morgan fingerprint density at radius 1 is 1.17 bits per heavy atom. The van der Waals surface area contributed by atoms with Gasteiger partial charge < -0.3 is 24.8 Å². The molecule has 0 aliphatic rings. The molecule has 1 rings (SSSR count). The molecule has 0 fully saturated rings. The first-order chi connectivity index (χ1) is 11.5. The standard InChI is InChI=1S/C18H31N3O3/c1-6-19-17(21-14-18(2,3)23-5)20-11-8-12-24-16-10-7-9-15(13-16)22-4/h7,9-10,13H,6,8,11-12,14H2,1-5H3,(H2,19,20,21). The van der Waals surface area contributed by atoms with Gasteiger partial charge in [-0.15, -0.1) is 0 Å². The minimum absolute atomic E-state index is 0.266. The van der Waals surface area contributed by atoms with Crippen molar-refractivity contribution in [3.63, 3.8) is 0 Å². The van der Waals surface area contributed by atoms with Crippen molar-refractivity contribution in [1.82, 2.24) is 10.6 Å². The molecule has 0 spiro atoms. The van der Waals surface area contributed by atoms with Gasteiger partial charge in [0.2, 0.25) is 0 Å². The largest absolute Gasteiger partial charge is 0.497 e. The van der Waals surface area contributed by atoms with Crippen LogP contribution >= 0.6 is 0 Å². The highest BCUT2D eigenvalue weighted by Crippen LogP contribution is 2.18. The molecule has 1 aromatic carbocycles. The van der Waals surface area contributed by atoms with Gasteiger partial charge >= 0.3 is 0 Å². The molecule has 24 heavy (non-hydrogen) atoms. The fourth-order valence-corrected chi connectivity index (χ4v) is 1.84. The molecule has 0 saturated carbocycles. The zero-order valence-electron chi connectivity index (χ0n) is 15.5. The first-order valence-electron chi connectivity index (χ1n) is 8.35. The highest BCUT2D eigenvalue weighted by atomic mass is 16.5. The van der Waals surface area contributed by atoms with E-state index >= 15 is 0 Å². The Balaban J connectivity index is 2.33. The van der Waals surface area contributed by atoms with Crippen molar-refractivity contribution in [1.29, 1.82) is 0 Å². The van der Waals surface area contributed by atoms with E-state index in [1.54, 1.807) is 14.2 Å². The SMILES string of the molecule is CCNC(=NCC(C)(C)OC)NCCCOc1cccc(OC)c1. The average molecular weight is 337 g/mol. The number of nitrogens with one attached hydrogen (secondary N) is 2. The van der Waals surface area contributed by atoms with Crippen LogP contribution in [0.15, 0.2) is 29.3 Å². The number of hydrogen-bond acceptors (Lipinski definition) is 4. The number of guanidine groups is 1. The summed E-state index contributed by atoms with van der Waals surface area (Å²) in [5, 5.41) is 6.53. The molecule has 0 saturated heterocycles. The summed E-state index contributed by atoms with van der Waals surface area (Å²) >= 11 is 0. The van der Waals surface area contributed by atoms with Gasteiger partial charge in [0, 0.05) is 26.3 Å². The van der Waals surface area contributed by atoms with E-state index in [2.05, 4.69) is 15.6 Å². The zero-order valence-corrected chi connectivity index (χ0v) is 15.5. The number of methoxy groups -OCH3 is 2. The molecule has 0 heterocycles. The molecule has 0 aliphatic carbocycles. The van der Waals surface area contributed by atoms with E-state index < -0.39 is 0 Å².